The first kappa shape index (κ1) is 21.4. The summed E-state index contributed by atoms with van der Waals surface area (Å²) in [6, 6.07) is 7.37. The third-order valence-corrected chi connectivity index (χ3v) is 6.72. The van der Waals surface area contributed by atoms with Crippen LogP contribution in [-0.4, -0.2) is 61.6 Å². The molecule has 0 atom stereocenters. The van der Waals surface area contributed by atoms with E-state index in [2.05, 4.69) is 25.5 Å². The number of aromatic nitrogens is 2. The summed E-state index contributed by atoms with van der Waals surface area (Å²) in [6.45, 7) is 4.01. The molecule has 33 heavy (non-hydrogen) atoms. The van der Waals surface area contributed by atoms with Crippen molar-refractivity contribution < 1.29 is 14.3 Å². The number of hydrogen-bond acceptors (Lipinski definition) is 8. The summed E-state index contributed by atoms with van der Waals surface area (Å²) in [5.74, 6) is 0.295. The number of pyridine rings is 1. The van der Waals surface area contributed by atoms with Crippen molar-refractivity contribution in [3.63, 3.8) is 0 Å². The van der Waals surface area contributed by atoms with Crippen molar-refractivity contribution in [2.24, 2.45) is 0 Å². The normalized spacial score (nSPS) is 15.8. The lowest BCUT2D eigenvalue weighted by Crippen LogP contribution is -2.43. The standard InChI is InChI=1S/C23H24N6O3S/c1-32-16-2-3-17-15(12-16)5-9-29(22(17)31)23-27-19(14-33-23)21(30)26-18-13-25-6-4-20(18)28-10-7-24-8-11-28/h2-4,6,12-14,24H,5,7-11H2,1H3,(H,26,30). The number of methoxy groups -OCH3 is 1. The molecule has 0 radical (unpaired) electrons. The van der Waals surface area contributed by atoms with E-state index in [9.17, 15) is 9.59 Å². The predicted molar refractivity (Wildman–Crippen MR) is 128 cm³/mol. The molecule has 1 fully saturated rings. The average Bonchev–Trinajstić information content (AvgIpc) is 3.35. The van der Waals surface area contributed by atoms with Gasteiger partial charge in [-0.3, -0.25) is 19.5 Å². The average molecular weight is 465 g/mol. The number of thiazole rings is 1. The number of anilines is 3. The maximum atomic E-state index is 13.0. The molecule has 2 aromatic heterocycles. The van der Waals surface area contributed by atoms with E-state index in [0.29, 0.717) is 29.3 Å². The zero-order valence-electron chi connectivity index (χ0n) is 18.2. The minimum Gasteiger partial charge on any atom is -0.497 e. The Kier molecular flexibility index (Phi) is 5.93. The van der Waals surface area contributed by atoms with Crippen molar-refractivity contribution in [1.82, 2.24) is 15.3 Å². The van der Waals surface area contributed by atoms with Crippen LogP contribution in [0.5, 0.6) is 5.75 Å². The minimum absolute atomic E-state index is 0.117. The highest BCUT2D eigenvalue weighted by Gasteiger charge is 2.28. The fourth-order valence-corrected chi connectivity index (χ4v) is 4.95. The number of fused-ring (bicyclic) bond motifs is 1. The molecular formula is C23H24N6O3S. The maximum Gasteiger partial charge on any atom is 0.275 e. The number of carbonyl (C=O) groups excluding carboxylic acids is 2. The van der Waals surface area contributed by atoms with Crippen LogP contribution < -0.4 is 25.2 Å². The SMILES string of the molecule is COc1ccc2c(c1)CCN(c1nc(C(=O)Nc3cnccc3N3CCNCC3)cs1)C2=O. The van der Waals surface area contributed by atoms with Gasteiger partial charge in [-0.25, -0.2) is 4.98 Å². The number of ether oxygens (including phenoxy) is 1. The number of hydrogen-bond donors (Lipinski definition) is 2. The van der Waals surface area contributed by atoms with Gasteiger partial charge in [0.1, 0.15) is 11.4 Å². The zero-order valence-corrected chi connectivity index (χ0v) is 19.0. The van der Waals surface area contributed by atoms with E-state index in [0.717, 1.165) is 43.2 Å². The molecule has 9 nitrogen and oxygen atoms in total. The smallest absolute Gasteiger partial charge is 0.275 e. The maximum absolute atomic E-state index is 13.0. The molecule has 0 spiro atoms. The van der Waals surface area contributed by atoms with Gasteiger partial charge in [0.2, 0.25) is 0 Å². The van der Waals surface area contributed by atoms with Crippen LogP contribution in [0.1, 0.15) is 26.4 Å². The Balaban J connectivity index is 1.32. The Hall–Kier alpha value is -3.50. The lowest BCUT2D eigenvalue weighted by molar-refractivity contribution is 0.0977. The molecule has 3 aromatic rings. The zero-order chi connectivity index (χ0) is 22.8. The van der Waals surface area contributed by atoms with Crippen molar-refractivity contribution in [3.05, 3.63) is 58.9 Å². The van der Waals surface area contributed by atoms with Gasteiger partial charge in [0.25, 0.3) is 11.8 Å². The van der Waals surface area contributed by atoms with Gasteiger partial charge in [-0.2, -0.15) is 0 Å². The van der Waals surface area contributed by atoms with E-state index in [-0.39, 0.29) is 17.5 Å². The van der Waals surface area contributed by atoms with Crippen LogP contribution in [0, 0.1) is 0 Å². The molecule has 10 heteroatoms. The van der Waals surface area contributed by atoms with Crippen LogP contribution in [0.25, 0.3) is 0 Å². The summed E-state index contributed by atoms with van der Waals surface area (Å²) >= 11 is 1.29. The van der Waals surface area contributed by atoms with Crippen molar-refractivity contribution in [2.75, 3.05) is 55.0 Å². The molecule has 4 heterocycles. The van der Waals surface area contributed by atoms with Gasteiger partial charge in [0, 0.05) is 49.9 Å². The summed E-state index contributed by atoms with van der Waals surface area (Å²) in [6.07, 6.45) is 4.08. The molecule has 5 rings (SSSR count). The monoisotopic (exact) mass is 464 g/mol. The van der Waals surface area contributed by atoms with E-state index in [4.69, 9.17) is 4.74 Å². The summed E-state index contributed by atoms with van der Waals surface area (Å²) in [5, 5.41) is 8.47. The fraction of sp³-hybridized carbons (Fsp3) is 0.304. The second-order valence-corrected chi connectivity index (χ2v) is 8.67. The van der Waals surface area contributed by atoms with E-state index in [1.165, 1.54) is 11.3 Å². The molecule has 2 amide bonds. The van der Waals surface area contributed by atoms with Gasteiger partial charge in [0.05, 0.1) is 24.7 Å². The Morgan fingerprint density at radius 3 is 2.88 bits per heavy atom. The van der Waals surface area contributed by atoms with Gasteiger partial charge in [-0.05, 0) is 36.2 Å². The summed E-state index contributed by atoms with van der Waals surface area (Å²) in [7, 11) is 1.61. The van der Waals surface area contributed by atoms with Crippen LogP contribution in [0.3, 0.4) is 0 Å². The van der Waals surface area contributed by atoms with Crippen molar-refractivity contribution in [2.45, 2.75) is 6.42 Å². The molecule has 170 valence electrons. The Labute approximate surface area is 195 Å². The fourth-order valence-electron chi connectivity index (χ4n) is 4.12. The van der Waals surface area contributed by atoms with Crippen molar-refractivity contribution in [3.8, 4) is 5.75 Å². The molecule has 1 aromatic carbocycles. The third kappa shape index (κ3) is 4.27. The molecule has 2 aliphatic heterocycles. The second kappa shape index (κ2) is 9.16. The number of amides is 2. The van der Waals surface area contributed by atoms with Gasteiger partial charge >= 0.3 is 0 Å². The quantitative estimate of drug-likeness (QED) is 0.598. The van der Waals surface area contributed by atoms with E-state index in [1.54, 1.807) is 41.9 Å². The molecule has 1 saturated heterocycles. The summed E-state index contributed by atoms with van der Waals surface area (Å²) in [5.41, 5.74) is 3.46. The minimum atomic E-state index is -0.323. The highest BCUT2D eigenvalue weighted by Crippen LogP contribution is 2.30. The Morgan fingerprint density at radius 2 is 2.06 bits per heavy atom. The topological polar surface area (TPSA) is 99.7 Å². The van der Waals surface area contributed by atoms with Gasteiger partial charge in [0.15, 0.2) is 5.13 Å². The van der Waals surface area contributed by atoms with Crippen LogP contribution >= 0.6 is 11.3 Å². The predicted octanol–water partition coefficient (Wildman–Crippen LogP) is 2.41. The number of rotatable bonds is 5. The Bertz CT molecular complexity index is 1190. The first-order chi connectivity index (χ1) is 16.1. The highest BCUT2D eigenvalue weighted by molar-refractivity contribution is 7.14. The van der Waals surface area contributed by atoms with Crippen LogP contribution in [-0.2, 0) is 6.42 Å². The van der Waals surface area contributed by atoms with Crippen molar-refractivity contribution >= 4 is 39.7 Å². The van der Waals surface area contributed by atoms with E-state index < -0.39 is 0 Å². The van der Waals surface area contributed by atoms with E-state index in [1.807, 2.05) is 12.1 Å². The first-order valence-electron chi connectivity index (χ1n) is 10.8. The molecule has 2 aliphatic rings. The summed E-state index contributed by atoms with van der Waals surface area (Å²) in [4.78, 5) is 38.5. The number of nitrogens with one attached hydrogen (secondary N) is 2. The Morgan fingerprint density at radius 1 is 1.21 bits per heavy atom. The molecular weight excluding hydrogens is 440 g/mol. The second-order valence-electron chi connectivity index (χ2n) is 7.83. The van der Waals surface area contributed by atoms with Gasteiger partial charge < -0.3 is 20.3 Å². The molecule has 0 unspecified atom stereocenters. The van der Waals surface area contributed by atoms with Crippen molar-refractivity contribution in [1.29, 1.82) is 0 Å². The molecule has 0 bridgehead atoms. The lowest BCUT2D eigenvalue weighted by atomic mass is 9.99. The number of piperazine rings is 1. The number of nitrogens with zero attached hydrogens (tertiary/aromatic N) is 4. The molecule has 2 N–H and O–H groups in total. The van der Waals surface area contributed by atoms with Gasteiger partial charge in [-0.15, -0.1) is 11.3 Å². The van der Waals surface area contributed by atoms with E-state index >= 15 is 0 Å². The number of carbonyl (C=O) groups is 2. The number of benzene rings is 1. The summed E-state index contributed by atoms with van der Waals surface area (Å²) < 4.78 is 5.26. The molecule has 0 aliphatic carbocycles. The first-order valence-corrected chi connectivity index (χ1v) is 11.7. The van der Waals surface area contributed by atoms with Crippen LogP contribution in [0.2, 0.25) is 0 Å². The van der Waals surface area contributed by atoms with Gasteiger partial charge in [-0.1, -0.05) is 0 Å². The molecule has 0 saturated carbocycles. The van der Waals surface area contributed by atoms with Crippen LogP contribution in [0.4, 0.5) is 16.5 Å². The third-order valence-electron chi connectivity index (χ3n) is 5.85. The highest BCUT2D eigenvalue weighted by atomic mass is 32.1. The lowest BCUT2D eigenvalue weighted by Gasteiger charge is -2.30. The van der Waals surface area contributed by atoms with Crippen LogP contribution in [0.15, 0.2) is 42.0 Å². The largest absolute Gasteiger partial charge is 0.497 e.